The number of nitrogens with one attached hydrogen (secondary N) is 3. The van der Waals surface area contributed by atoms with Crippen LogP contribution in [0.1, 0.15) is 98.3 Å². The molecule has 0 radical (unpaired) electrons. The summed E-state index contributed by atoms with van der Waals surface area (Å²) in [4.78, 5) is 37.6. The Bertz CT molecular complexity index is 3900. The molecule has 63 N–H and O–H groups in total. The first-order chi connectivity index (χ1) is 69.8. The first kappa shape index (κ1) is 131. The summed E-state index contributed by atoms with van der Waals surface area (Å²) in [6.07, 6.45) is -48.0. The van der Waals surface area contributed by atoms with Crippen molar-refractivity contribution in [3.8, 4) is 0 Å². The normalized spacial score (nSPS) is 47.4. The number of rotatable bonds is 35. The van der Waals surface area contributed by atoms with Gasteiger partial charge in [-0.3, -0.25) is 14.4 Å². The zero-order chi connectivity index (χ0) is 110. The van der Waals surface area contributed by atoms with Crippen molar-refractivity contribution in [3.05, 3.63) is 0 Å². The lowest BCUT2D eigenvalue weighted by Crippen LogP contribution is -2.70. The fourth-order valence-electron chi connectivity index (χ4n) is 19.6. The summed E-state index contributed by atoms with van der Waals surface area (Å²) in [5, 5.41) is 196. The molecule has 12 fully saturated rings. The van der Waals surface area contributed by atoms with Gasteiger partial charge in [0.15, 0.2) is 50.3 Å². The van der Waals surface area contributed by atoms with E-state index < -0.39 is 366 Å². The van der Waals surface area contributed by atoms with E-state index in [4.69, 9.17) is 201 Å². The van der Waals surface area contributed by atoms with Crippen LogP contribution in [0.15, 0.2) is 0 Å². The van der Waals surface area contributed by atoms with Crippen molar-refractivity contribution in [2.75, 3.05) is 59.0 Å². The fourth-order valence-corrected chi connectivity index (χ4v) is 19.6. The first-order valence-electron chi connectivity index (χ1n) is 50.5. The van der Waals surface area contributed by atoms with Gasteiger partial charge >= 0.3 is 0 Å². The topological polar surface area (TPSA) is 1150 Å². The molecule has 0 bridgehead atoms. The molecule has 0 aromatic rings. The third kappa shape index (κ3) is 32.9. The number of aliphatic hydroxyl groups excluding tert-OH is 18. The van der Waals surface area contributed by atoms with Gasteiger partial charge in [0.1, 0.15) is 171 Å². The third-order valence-electron chi connectivity index (χ3n) is 29.2. The molecule has 8 heterocycles. The van der Waals surface area contributed by atoms with E-state index in [-0.39, 0.29) is 134 Å². The van der Waals surface area contributed by atoms with Gasteiger partial charge in [-0.25, -0.2) is 0 Å². The van der Waals surface area contributed by atoms with Crippen molar-refractivity contribution in [3.63, 3.8) is 0 Å². The zero-order valence-electron chi connectivity index (χ0n) is 84.0. The summed E-state index contributed by atoms with van der Waals surface area (Å²) in [6, 6.07) is -13.6. The van der Waals surface area contributed by atoms with Crippen LogP contribution in [0.3, 0.4) is 0 Å². The summed E-state index contributed by atoms with van der Waals surface area (Å²) < 4.78 is 100. The Balaban J connectivity index is 0.000000243. The number of hydrogen-bond acceptors (Lipinski definition) is 59. The lowest BCUT2D eigenvalue weighted by molar-refractivity contribution is -0.331. The maximum atomic E-state index is 12.8. The van der Waals surface area contributed by atoms with Gasteiger partial charge in [0.25, 0.3) is 0 Å². The van der Waals surface area contributed by atoms with Crippen LogP contribution in [0.2, 0.25) is 0 Å². The van der Waals surface area contributed by atoms with Crippen molar-refractivity contribution >= 4 is 41.7 Å². The highest BCUT2D eigenvalue weighted by Gasteiger charge is 2.59. The number of amides is 3. The predicted octanol–water partition coefficient (Wildman–Crippen LogP) is -23.9. The molecular formula is C86H175IN24O38. The van der Waals surface area contributed by atoms with Gasteiger partial charge in [-0.2, -0.15) is 0 Å². The molecule has 59 atom stereocenters. The molecule has 0 aromatic heterocycles. The van der Waals surface area contributed by atoms with Crippen LogP contribution in [0.25, 0.3) is 0 Å². The number of carbonyl (C=O) groups excluding carboxylic acids is 3. The van der Waals surface area contributed by atoms with Crippen LogP contribution in [0.5, 0.6) is 0 Å². The highest BCUT2D eigenvalue weighted by atomic mass is 127. The fraction of sp³-hybridized carbons (Fsp3) is 0.965. The predicted molar refractivity (Wildman–Crippen MR) is 527 cm³/mol. The second kappa shape index (κ2) is 60.4. The van der Waals surface area contributed by atoms with Gasteiger partial charge in [0.05, 0.1) is 116 Å². The van der Waals surface area contributed by atoms with Gasteiger partial charge < -0.3 is 309 Å². The first-order valence-corrected chi connectivity index (χ1v) is 50.5. The average Bonchev–Trinajstić information content (AvgIpc) is 0.776. The van der Waals surface area contributed by atoms with Crippen molar-refractivity contribution in [1.29, 1.82) is 0 Å². The van der Waals surface area contributed by atoms with Crippen LogP contribution < -0.4 is 136 Å². The van der Waals surface area contributed by atoms with Crippen molar-refractivity contribution in [2.24, 2.45) is 120 Å². The Labute approximate surface area is 878 Å². The van der Waals surface area contributed by atoms with E-state index >= 15 is 0 Å². The molecule has 8 aliphatic heterocycles. The van der Waals surface area contributed by atoms with Crippen LogP contribution in [-0.2, 0) is 94.9 Å². The van der Waals surface area contributed by atoms with E-state index in [1.165, 1.54) is 0 Å². The Morgan fingerprint density at radius 2 is 0.537 bits per heavy atom. The minimum absolute atomic E-state index is 0. The molecule has 4 aliphatic carbocycles. The van der Waals surface area contributed by atoms with Crippen LogP contribution in [-0.4, -0.2) is 529 Å². The molecule has 62 nitrogen and oxygen atoms in total. The summed E-state index contributed by atoms with van der Waals surface area (Å²) >= 11 is 0. The average molecular weight is 2280 g/mol. The standard InChI is InChI=1S/C24H49N7O11.C22H44N6O11.C22H44N6O9.C18H37N5O7.HI/c1-8-13(29)16(34)18(36)24(39-8)42-21-19(41-23-14(30)17(35)15(33)12(7-27)40-23)9(28)6-10(20(21)38-5-4-26)31-22(37)11(32)2-3-25;1-6-11(26)15(32)17(34)22(36-6)39-19-13(30)8(28-20(35)9(29)2-3-23)4-7(25)18(19)38-21-12(27)16(33)14(31)10(5-24)37-21;1-8-14(27)16(31)17(32)22(34-8)37-19-15(30)12(28-20(33)13(29)4-5-23)6-11(26)18(19)36-21-10(25)3-2-9(7-24)35-21;1-6-11(23)13(25)14(26)18(27-6)30-16-12(24)9(21)4-10(22)15(16)29-17-8(20)3-2-7(5-19)28-17;/h8-21,23-24,32-36H,2-7,25-30H2,1H3,(H,31,37);6-19,21-22,29-34H,2-5,23-27H2,1H3,(H,28,35);8-19,21-22,29-32H,2-7,23-27H2,1H3,(H,28,33);6-18,24-26H,2-5,19-23H2,1H3;1H/t8?,9?,10-,11+,12?,13-,14?,15-,16+,17-,18?,19?,20?,21+,23-,24+;6?,7?,8-,9+,10?,11-,12?,13?,14-,15+,16-,17?,18-,19-,21-,22+;8?,9?,10?,11?,12-,13+,14-,15?,16+,17?,18?,19-,21-,22+;6?,7?,8?,9-,10?,11-,12?,13+,14?,15?,16-,17-,18+;/m1111./s1. The number of halogens is 1. The van der Waals surface area contributed by atoms with Crippen LogP contribution in [0.4, 0.5) is 0 Å². The van der Waals surface area contributed by atoms with Gasteiger partial charge in [-0.05, 0) is 118 Å². The maximum Gasteiger partial charge on any atom is 0.249 e. The molecule has 63 heteroatoms. The number of hydrogen-bond donors (Lipinski definition) is 42. The molecule has 4 saturated carbocycles. The van der Waals surface area contributed by atoms with E-state index in [1.807, 2.05) is 0 Å². The van der Waals surface area contributed by atoms with Crippen LogP contribution in [0, 0.1) is 0 Å². The monoisotopic (exact) mass is 2280 g/mol. The summed E-state index contributed by atoms with van der Waals surface area (Å²) in [7, 11) is 0. The third-order valence-corrected chi connectivity index (χ3v) is 29.2. The van der Waals surface area contributed by atoms with E-state index in [2.05, 4.69) is 16.0 Å². The second-order valence-corrected chi connectivity index (χ2v) is 40.2. The molecular weight excluding hydrogens is 2100 g/mol. The summed E-state index contributed by atoms with van der Waals surface area (Å²) in [5.41, 5.74) is 124. The van der Waals surface area contributed by atoms with E-state index in [0.29, 0.717) is 25.8 Å². The smallest absolute Gasteiger partial charge is 0.249 e. The van der Waals surface area contributed by atoms with Crippen molar-refractivity contribution < 1.29 is 187 Å². The molecule has 0 spiro atoms. The molecule has 12 rings (SSSR count). The molecule has 3 amide bonds. The minimum Gasteiger partial charge on any atom is -0.389 e. The van der Waals surface area contributed by atoms with Crippen molar-refractivity contribution in [1.82, 2.24) is 16.0 Å². The van der Waals surface area contributed by atoms with E-state index in [9.17, 15) is 106 Å². The zero-order valence-corrected chi connectivity index (χ0v) is 86.3. The lowest BCUT2D eigenvalue weighted by atomic mass is 9.83. The molecule has 0 aromatic carbocycles. The quantitative estimate of drug-likeness (QED) is 0.0262. The Morgan fingerprint density at radius 1 is 0.268 bits per heavy atom. The minimum atomic E-state index is -1.62. The van der Waals surface area contributed by atoms with Gasteiger partial charge in [-0.1, -0.05) is 0 Å². The maximum absolute atomic E-state index is 12.8. The van der Waals surface area contributed by atoms with Crippen molar-refractivity contribution in [2.45, 2.75) is 459 Å². The number of carbonyl (C=O) groups is 3. The Hall–Kier alpha value is -3.10. The second-order valence-electron chi connectivity index (χ2n) is 40.2. The van der Waals surface area contributed by atoms with E-state index in [0.717, 1.165) is 6.42 Å². The molecule has 12 aliphatic rings. The Morgan fingerprint density at radius 3 is 0.839 bits per heavy atom. The highest BCUT2D eigenvalue weighted by Crippen LogP contribution is 2.40. The SMILES string of the molecule is CC1O[C@@H](O[C@@H]2C(O)[C@H](NC(=O)[C@@H](O)CCN)CC(N)[C@H]2O[C@H]2OC(CN)[C@@H](O)[C@H](O)C2N)C(O)[C@@H](O)[C@@H]1N.CC1O[C@@H](O[C@H]2C(O[C@H]3OC(CN)CCC3N)C(N)C[C@@H](N)C2O)C(O)[C@@H](O)[C@@H]1N.CC1O[C@@H](O[C@H]2C(O[C@H]3OC(CN)CCC3N)C(N)C[C@@H](NC(=O)[C@@H](O)CCN)C2O)C(O)[C@@H](O)[C@@H]1N.CC1O[C@@H](O[C@H]2C(O[C@H]3OC(CN)[C@@H](O)[C@H](O)C3N)C(N)C[C@@H](NC(=O)[C@@H](O)CCN)C2OCCN)C(O)[C@@H](O)[C@@H]1N.I. The van der Waals surface area contributed by atoms with Gasteiger partial charge in [0.2, 0.25) is 17.7 Å². The molecule has 149 heavy (non-hydrogen) atoms. The van der Waals surface area contributed by atoms with E-state index in [1.54, 1.807) is 27.7 Å². The van der Waals surface area contributed by atoms with Gasteiger partial charge in [-0.15, -0.1) is 24.0 Å². The molecule has 27 unspecified atom stereocenters. The molecule has 874 valence electrons. The Kier molecular flexibility index (Phi) is 53.1. The number of aliphatic hydroxyl groups is 18. The van der Waals surface area contributed by atoms with Gasteiger partial charge in [0, 0.05) is 62.9 Å². The molecule has 8 saturated heterocycles. The highest BCUT2D eigenvalue weighted by molar-refractivity contribution is 14.0. The lowest BCUT2D eigenvalue weighted by Gasteiger charge is -2.50. The number of ether oxygens (including phenoxy) is 17. The van der Waals surface area contributed by atoms with Crippen LogP contribution >= 0.6 is 24.0 Å². The summed E-state index contributed by atoms with van der Waals surface area (Å²) in [6.45, 7) is 6.99. The summed E-state index contributed by atoms with van der Waals surface area (Å²) in [5.74, 6) is -2.24. The number of nitrogens with two attached hydrogens (primary N) is 21. The largest absolute Gasteiger partial charge is 0.389 e.